The summed E-state index contributed by atoms with van der Waals surface area (Å²) < 4.78 is 0. The van der Waals surface area contributed by atoms with Gasteiger partial charge in [-0.15, -0.1) is 11.8 Å². The molecule has 0 unspecified atom stereocenters. The van der Waals surface area contributed by atoms with Gasteiger partial charge in [-0.25, -0.2) is 11.6 Å². The van der Waals surface area contributed by atoms with Crippen molar-refractivity contribution in [2.75, 3.05) is 55.5 Å². The number of hydrogen-bond acceptors (Lipinski definition) is 6. The zero-order chi connectivity index (χ0) is 15.6. The summed E-state index contributed by atoms with van der Waals surface area (Å²) in [6.45, 7) is 11.0. The van der Waals surface area contributed by atoms with Gasteiger partial charge < -0.3 is 0 Å². The van der Waals surface area contributed by atoms with E-state index in [4.69, 9.17) is 0 Å². The minimum absolute atomic E-state index is 1.11. The molecular formula is C13H32BN2S4. The summed E-state index contributed by atoms with van der Waals surface area (Å²) in [5.41, 5.74) is 0. The molecule has 0 aromatic carbocycles. The lowest BCUT2D eigenvalue weighted by Gasteiger charge is -2.11. The molecule has 0 aromatic heterocycles. The van der Waals surface area contributed by atoms with E-state index in [-0.39, 0.29) is 0 Å². The van der Waals surface area contributed by atoms with Crippen LogP contribution in [0, 0.1) is 0 Å². The highest BCUT2D eigenvalue weighted by atomic mass is 32.2. The van der Waals surface area contributed by atoms with Gasteiger partial charge in [0.1, 0.15) is 0 Å². The zero-order valence-electron chi connectivity index (χ0n) is 14.1. The minimum atomic E-state index is 1.11. The van der Waals surface area contributed by atoms with Crippen molar-refractivity contribution in [1.29, 1.82) is 0 Å². The molecule has 0 saturated carbocycles. The average Bonchev–Trinajstić information content (AvgIpc) is 2.48. The zero-order valence-corrected chi connectivity index (χ0v) is 17.3. The van der Waals surface area contributed by atoms with Crippen LogP contribution in [-0.2, 0) is 0 Å². The van der Waals surface area contributed by atoms with Gasteiger partial charge in [-0.2, -0.15) is 23.4 Å². The van der Waals surface area contributed by atoms with Crippen molar-refractivity contribution in [3.05, 3.63) is 0 Å². The highest BCUT2D eigenvalue weighted by molar-refractivity contribution is 8.50. The van der Waals surface area contributed by atoms with E-state index in [9.17, 15) is 0 Å². The van der Waals surface area contributed by atoms with Crippen LogP contribution in [0.25, 0.3) is 0 Å². The standard InChI is InChI=1S/C7H17NS2.C6H15BNS2/c2*1-4-8(3)6-10-7-9-5-2/h4-7H2,1-3H3;4-6H2,1-3H3. The van der Waals surface area contributed by atoms with Crippen LogP contribution < -0.4 is 0 Å². The van der Waals surface area contributed by atoms with Crippen LogP contribution >= 0.6 is 46.7 Å². The van der Waals surface area contributed by atoms with Crippen molar-refractivity contribution in [1.82, 2.24) is 9.80 Å². The van der Waals surface area contributed by atoms with Crippen LogP contribution in [-0.4, -0.2) is 71.2 Å². The predicted molar refractivity (Wildman–Crippen MR) is 108 cm³/mol. The normalized spacial score (nSPS) is 10.6. The summed E-state index contributed by atoms with van der Waals surface area (Å²) in [7, 11) is 4.29. The van der Waals surface area contributed by atoms with Crippen LogP contribution in [0.2, 0.25) is 0 Å². The molecule has 0 spiro atoms. The van der Waals surface area contributed by atoms with Gasteiger partial charge in [0.05, 0.1) is 0 Å². The fraction of sp³-hybridized carbons (Fsp3) is 1.00. The molecule has 0 atom stereocenters. The molecule has 7 heteroatoms. The van der Waals surface area contributed by atoms with Crippen LogP contribution in [0.3, 0.4) is 0 Å². The first-order valence-electron chi connectivity index (χ1n) is 7.19. The molecule has 0 aliphatic heterocycles. The molecule has 121 valence electrons. The first-order chi connectivity index (χ1) is 9.62. The maximum atomic E-state index is 2.32. The lowest BCUT2D eigenvalue weighted by molar-refractivity contribution is 0.417. The molecular weight excluding hydrogens is 323 g/mol. The van der Waals surface area contributed by atoms with Crippen LogP contribution in [0.5, 0.6) is 0 Å². The second-order valence-electron chi connectivity index (χ2n) is 4.14. The molecule has 0 aliphatic carbocycles. The van der Waals surface area contributed by atoms with Gasteiger partial charge in [-0.1, -0.05) is 27.7 Å². The Kier molecular flexibility index (Phi) is 24.1. The maximum Gasteiger partial charge on any atom is 0.269 e. The molecule has 0 aliphatic rings. The Morgan fingerprint density at radius 2 is 1.35 bits per heavy atom. The van der Waals surface area contributed by atoms with E-state index in [0.717, 1.165) is 19.0 Å². The van der Waals surface area contributed by atoms with E-state index >= 15 is 0 Å². The van der Waals surface area contributed by atoms with Crippen molar-refractivity contribution in [3.8, 4) is 0 Å². The fourth-order valence-corrected chi connectivity index (χ4v) is 4.33. The first kappa shape index (κ1) is 23.6. The van der Waals surface area contributed by atoms with Crippen molar-refractivity contribution >= 4 is 52.6 Å². The monoisotopic (exact) mass is 355 g/mol. The Morgan fingerprint density at radius 1 is 0.750 bits per heavy atom. The Balaban J connectivity index is 0. The highest BCUT2D eigenvalue weighted by Gasteiger charge is 1.94. The lowest BCUT2D eigenvalue weighted by atomic mass is 10.7. The minimum Gasteiger partial charge on any atom is -0.298 e. The van der Waals surface area contributed by atoms with Gasteiger partial charge in [-0.05, 0) is 38.7 Å². The number of hydrogen-bond donors (Lipinski definition) is 0. The number of thioether (sulfide) groups is 2. The third-order valence-electron chi connectivity index (χ3n) is 2.36. The molecule has 0 fully saturated rings. The summed E-state index contributed by atoms with van der Waals surface area (Å²) >= 11 is 7.74. The van der Waals surface area contributed by atoms with E-state index in [1.807, 2.05) is 46.7 Å². The van der Waals surface area contributed by atoms with Crippen molar-refractivity contribution in [2.45, 2.75) is 27.7 Å². The topological polar surface area (TPSA) is 6.48 Å². The second-order valence-corrected chi connectivity index (χ2v) is 9.00. The van der Waals surface area contributed by atoms with Gasteiger partial charge in [0, 0.05) is 16.8 Å². The molecule has 0 N–H and O–H groups in total. The largest absolute Gasteiger partial charge is 0.298 e. The molecule has 0 saturated heterocycles. The van der Waals surface area contributed by atoms with E-state index in [2.05, 4.69) is 57.4 Å². The first-order valence-corrected chi connectivity index (χ1v) is 11.6. The summed E-state index contributed by atoms with van der Waals surface area (Å²) in [6, 6.07) is 0. The Bertz CT molecular complexity index is 160. The molecule has 0 heterocycles. The second kappa shape index (κ2) is 20.4. The summed E-state index contributed by atoms with van der Waals surface area (Å²) in [6.07, 6.45) is 0. The quantitative estimate of drug-likeness (QED) is 0.291. The smallest absolute Gasteiger partial charge is 0.269 e. The fourth-order valence-electron chi connectivity index (χ4n) is 0.792. The van der Waals surface area contributed by atoms with E-state index in [1.165, 1.54) is 22.5 Å². The SMILES string of the molecule is CCSCSCN(C)CC.CCS[B]SCN(C)CC. The summed E-state index contributed by atoms with van der Waals surface area (Å²) in [4.78, 5) is 4.61. The van der Waals surface area contributed by atoms with Crippen LogP contribution in [0.4, 0.5) is 0 Å². The molecule has 1 radical (unpaired) electrons. The Morgan fingerprint density at radius 3 is 1.85 bits per heavy atom. The molecule has 0 amide bonds. The predicted octanol–water partition coefficient (Wildman–Crippen LogP) is 4.26. The maximum absolute atomic E-state index is 2.32. The van der Waals surface area contributed by atoms with Crippen molar-refractivity contribution in [2.24, 2.45) is 0 Å². The van der Waals surface area contributed by atoms with Crippen LogP contribution in [0.15, 0.2) is 0 Å². The summed E-state index contributed by atoms with van der Waals surface area (Å²) in [5.74, 6) is 6.92. The molecule has 0 rings (SSSR count). The lowest BCUT2D eigenvalue weighted by Crippen LogP contribution is -2.16. The summed E-state index contributed by atoms with van der Waals surface area (Å²) in [5, 5.41) is 1.24. The van der Waals surface area contributed by atoms with Gasteiger partial charge in [0.15, 0.2) is 0 Å². The van der Waals surface area contributed by atoms with E-state index in [1.54, 1.807) is 0 Å². The van der Waals surface area contributed by atoms with Gasteiger partial charge in [0.2, 0.25) is 0 Å². The van der Waals surface area contributed by atoms with Crippen molar-refractivity contribution in [3.63, 3.8) is 0 Å². The van der Waals surface area contributed by atoms with Crippen LogP contribution in [0.1, 0.15) is 27.7 Å². The Hall–Kier alpha value is 1.38. The molecule has 20 heavy (non-hydrogen) atoms. The Labute approximate surface area is 145 Å². The van der Waals surface area contributed by atoms with Gasteiger partial charge >= 0.3 is 0 Å². The van der Waals surface area contributed by atoms with Gasteiger partial charge in [-0.3, -0.25) is 9.80 Å². The third kappa shape index (κ3) is 21.7. The van der Waals surface area contributed by atoms with Crippen molar-refractivity contribution < 1.29 is 0 Å². The molecule has 0 bridgehead atoms. The third-order valence-corrected chi connectivity index (χ3v) is 6.74. The molecule has 2 nitrogen and oxygen atoms in total. The highest BCUT2D eigenvalue weighted by Crippen LogP contribution is 2.11. The van der Waals surface area contributed by atoms with Gasteiger partial charge in [0.25, 0.3) is 5.84 Å². The average molecular weight is 355 g/mol. The van der Waals surface area contributed by atoms with E-state index in [0.29, 0.717) is 0 Å². The number of nitrogens with zero attached hydrogens (tertiary/aromatic N) is 2. The number of rotatable bonds is 12. The van der Waals surface area contributed by atoms with E-state index < -0.39 is 0 Å². The molecule has 0 aromatic rings.